The minimum Gasteiger partial charge on any atom is -0.496 e. The molecule has 2 aromatic rings. The second kappa shape index (κ2) is 7.84. The monoisotopic (exact) mass is 421 g/mol. The van der Waals surface area contributed by atoms with E-state index in [-0.39, 0.29) is 18.1 Å². The van der Waals surface area contributed by atoms with Crippen LogP contribution in [0.3, 0.4) is 0 Å². The minimum atomic E-state index is -0.551. The molecule has 0 unspecified atom stereocenters. The van der Waals surface area contributed by atoms with Crippen LogP contribution in [0, 0.1) is 0 Å². The van der Waals surface area contributed by atoms with Gasteiger partial charge in [-0.25, -0.2) is 4.79 Å². The highest BCUT2D eigenvalue weighted by Gasteiger charge is 2.39. The van der Waals surface area contributed by atoms with Crippen LogP contribution < -0.4 is 4.74 Å². The molecule has 4 nitrogen and oxygen atoms in total. The first-order valence-electron chi connectivity index (χ1n) is 9.20. The smallest absolute Gasteiger partial charge is 0.410 e. The fourth-order valence-corrected chi connectivity index (χ4v) is 4.04. The van der Waals surface area contributed by atoms with Crippen molar-refractivity contribution in [1.29, 1.82) is 0 Å². The predicted octanol–water partition coefficient (Wildman–Crippen LogP) is 6.45. The van der Waals surface area contributed by atoms with Crippen LogP contribution in [0.2, 0.25) is 10.0 Å². The van der Waals surface area contributed by atoms with Crippen LogP contribution in [0.15, 0.2) is 36.4 Å². The van der Waals surface area contributed by atoms with Gasteiger partial charge in [0.15, 0.2) is 0 Å². The first kappa shape index (κ1) is 20.8. The van der Waals surface area contributed by atoms with Gasteiger partial charge in [-0.05, 0) is 56.5 Å². The molecule has 0 N–H and O–H groups in total. The van der Waals surface area contributed by atoms with E-state index >= 15 is 0 Å². The highest BCUT2D eigenvalue weighted by Crippen LogP contribution is 2.50. The molecule has 1 aliphatic carbocycles. The molecule has 2 aromatic carbocycles. The molecule has 3 rings (SSSR count). The Morgan fingerprint density at radius 3 is 2.46 bits per heavy atom. The lowest BCUT2D eigenvalue weighted by Crippen LogP contribution is -2.36. The van der Waals surface area contributed by atoms with E-state index in [1.165, 1.54) is 0 Å². The van der Waals surface area contributed by atoms with E-state index in [1.54, 1.807) is 25.1 Å². The molecule has 1 amide bonds. The summed E-state index contributed by atoms with van der Waals surface area (Å²) in [6.07, 6.45) is 0.365. The molecule has 0 aromatic heterocycles. The van der Waals surface area contributed by atoms with E-state index < -0.39 is 5.60 Å². The molecule has 150 valence electrons. The van der Waals surface area contributed by atoms with Crippen molar-refractivity contribution in [3.63, 3.8) is 0 Å². The first-order valence-corrected chi connectivity index (χ1v) is 9.95. The van der Waals surface area contributed by atoms with Gasteiger partial charge in [0.1, 0.15) is 11.4 Å². The maximum atomic E-state index is 12.7. The number of hydrogen-bond acceptors (Lipinski definition) is 3. The molecular weight excluding hydrogens is 397 g/mol. The highest BCUT2D eigenvalue weighted by atomic mass is 35.5. The van der Waals surface area contributed by atoms with Gasteiger partial charge in [-0.2, -0.15) is 0 Å². The van der Waals surface area contributed by atoms with Crippen molar-refractivity contribution in [3.8, 4) is 5.75 Å². The van der Waals surface area contributed by atoms with Gasteiger partial charge in [-0.1, -0.05) is 41.4 Å². The number of benzene rings is 2. The third kappa shape index (κ3) is 4.08. The standard InChI is InChI=1S/C22H25Cl2NO3/c1-22(2,3)28-21(26)25(4)18-12-15(13-9-10-16(23)17(24)11-13)20-14(18)7-6-8-19(20)27-5/h6-11,15,18H,12H2,1-5H3/t15-,18+/m0/s1. The lowest BCUT2D eigenvalue weighted by Gasteiger charge is -2.29. The maximum Gasteiger partial charge on any atom is 0.410 e. The zero-order valence-electron chi connectivity index (χ0n) is 16.8. The number of hydrogen-bond donors (Lipinski definition) is 0. The van der Waals surface area contributed by atoms with Gasteiger partial charge in [0, 0.05) is 18.5 Å². The summed E-state index contributed by atoms with van der Waals surface area (Å²) in [6, 6.07) is 11.5. The Hall–Kier alpha value is -1.91. The van der Waals surface area contributed by atoms with Crippen molar-refractivity contribution < 1.29 is 14.3 Å². The summed E-state index contributed by atoms with van der Waals surface area (Å²) < 4.78 is 11.2. The van der Waals surface area contributed by atoms with E-state index in [2.05, 4.69) is 0 Å². The largest absolute Gasteiger partial charge is 0.496 e. The Morgan fingerprint density at radius 1 is 1.14 bits per heavy atom. The molecule has 0 bridgehead atoms. The molecule has 0 saturated carbocycles. The molecule has 0 spiro atoms. The SMILES string of the molecule is COc1cccc2c1[C@H](c1ccc(Cl)c(Cl)c1)C[C@H]2N(C)C(=O)OC(C)(C)C. The number of amides is 1. The Bertz CT molecular complexity index is 892. The minimum absolute atomic E-state index is 0.0378. The van der Waals surface area contributed by atoms with Crippen molar-refractivity contribution in [3.05, 3.63) is 63.1 Å². The zero-order valence-corrected chi connectivity index (χ0v) is 18.3. The van der Waals surface area contributed by atoms with Crippen LogP contribution in [-0.2, 0) is 4.74 Å². The van der Waals surface area contributed by atoms with Crippen molar-refractivity contribution >= 4 is 29.3 Å². The highest BCUT2D eigenvalue weighted by molar-refractivity contribution is 6.42. The predicted molar refractivity (Wildman–Crippen MR) is 113 cm³/mol. The maximum absolute atomic E-state index is 12.7. The summed E-state index contributed by atoms with van der Waals surface area (Å²) in [5, 5.41) is 1.03. The Labute approximate surface area is 176 Å². The first-order chi connectivity index (χ1) is 13.1. The Balaban J connectivity index is 2.02. The average Bonchev–Trinajstić information content (AvgIpc) is 3.01. The van der Waals surface area contributed by atoms with Gasteiger partial charge in [0.05, 0.1) is 23.2 Å². The summed E-state index contributed by atoms with van der Waals surface area (Å²) in [6.45, 7) is 5.59. The molecular formula is C22H25Cl2NO3. The molecule has 2 atom stereocenters. The molecule has 0 saturated heterocycles. The topological polar surface area (TPSA) is 38.8 Å². The van der Waals surface area contributed by atoms with Gasteiger partial charge in [0.2, 0.25) is 0 Å². The van der Waals surface area contributed by atoms with Crippen LogP contribution in [0.4, 0.5) is 4.79 Å². The molecule has 0 aliphatic heterocycles. The molecule has 0 fully saturated rings. The van der Waals surface area contributed by atoms with Gasteiger partial charge in [-0.3, -0.25) is 0 Å². The molecule has 1 aliphatic rings. The van der Waals surface area contributed by atoms with Crippen LogP contribution in [-0.4, -0.2) is 30.8 Å². The summed E-state index contributed by atoms with van der Waals surface area (Å²) >= 11 is 12.4. The zero-order chi connectivity index (χ0) is 20.6. The Morgan fingerprint density at radius 2 is 1.86 bits per heavy atom. The number of nitrogens with zero attached hydrogens (tertiary/aromatic N) is 1. The summed E-state index contributed by atoms with van der Waals surface area (Å²) in [5.74, 6) is 0.837. The lowest BCUT2D eigenvalue weighted by molar-refractivity contribution is 0.0218. The second-order valence-corrected chi connectivity index (χ2v) is 8.85. The number of carbonyl (C=O) groups is 1. The van der Waals surface area contributed by atoms with Crippen LogP contribution in [0.5, 0.6) is 5.75 Å². The normalized spacial score (nSPS) is 18.5. The summed E-state index contributed by atoms with van der Waals surface area (Å²) in [7, 11) is 3.44. The fourth-order valence-electron chi connectivity index (χ4n) is 3.73. The van der Waals surface area contributed by atoms with E-state index in [4.69, 9.17) is 32.7 Å². The number of fused-ring (bicyclic) bond motifs is 1. The second-order valence-electron chi connectivity index (χ2n) is 8.03. The Kier molecular flexibility index (Phi) is 5.83. The van der Waals surface area contributed by atoms with Crippen LogP contribution in [0.25, 0.3) is 0 Å². The summed E-state index contributed by atoms with van der Waals surface area (Å²) in [5.41, 5.74) is 2.62. The van der Waals surface area contributed by atoms with Gasteiger partial charge >= 0.3 is 6.09 Å². The summed E-state index contributed by atoms with van der Waals surface area (Å²) in [4.78, 5) is 14.4. The van der Waals surface area contributed by atoms with Gasteiger partial charge in [-0.15, -0.1) is 0 Å². The molecule has 6 heteroatoms. The third-order valence-electron chi connectivity index (χ3n) is 4.98. The van der Waals surface area contributed by atoms with Gasteiger partial charge in [0.25, 0.3) is 0 Å². The fraction of sp³-hybridized carbons (Fsp3) is 0.409. The molecule has 28 heavy (non-hydrogen) atoms. The number of rotatable bonds is 3. The number of methoxy groups -OCH3 is 1. The molecule has 0 heterocycles. The van der Waals surface area contributed by atoms with Crippen molar-refractivity contribution in [2.75, 3.05) is 14.2 Å². The number of halogens is 2. The third-order valence-corrected chi connectivity index (χ3v) is 5.72. The van der Waals surface area contributed by atoms with Crippen molar-refractivity contribution in [2.45, 2.75) is 44.8 Å². The number of carbonyl (C=O) groups excluding carboxylic acids is 1. The van der Waals surface area contributed by atoms with Crippen LogP contribution >= 0.6 is 23.2 Å². The van der Waals surface area contributed by atoms with E-state index in [9.17, 15) is 4.79 Å². The van der Waals surface area contributed by atoms with E-state index in [0.29, 0.717) is 16.5 Å². The number of ether oxygens (including phenoxy) is 2. The molecule has 0 radical (unpaired) electrons. The average molecular weight is 422 g/mol. The van der Waals surface area contributed by atoms with E-state index in [1.807, 2.05) is 51.1 Å². The van der Waals surface area contributed by atoms with Crippen LogP contribution in [0.1, 0.15) is 55.8 Å². The van der Waals surface area contributed by atoms with Crippen molar-refractivity contribution in [1.82, 2.24) is 4.90 Å². The quantitative estimate of drug-likeness (QED) is 0.571. The van der Waals surface area contributed by atoms with E-state index in [0.717, 1.165) is 22.4 Å². The van der Waals surface area contributed by atoms with Crippen molar-refractivity contribution in [2.24, 2.45) is 0 Å². The lowest BCUT2D eigenvalue weighted by atomic mass is 9.92. The van der Waals surface area contributed by atoms with Gasteiger partial charge < -0.3 is 14.4 Å².